The van der Waals surface area contributed by atoms with E-state index in [4.69, 9.17) is 9.47 Å². The van der Waals surface area contributed by atoms with Gasteiger partial charge in [0, 0.05) is 28.2 Å². The van der Waals surface area contributed by atoms with Crippen molar-refractivity contribution in [3.8, 4) is 11.5 Å². The number of carbonyl (C=O) groups excluding carboxylic acids is 2. The largest absolute Gasteiger partial charge is 0.454 e. The van der Waals surface area contributed by atoms with Crippen LogP contribution in [0.4, 0.5) is 0 Å². The van der Waals surface area contributed by atoms with Crippen LogP contribution in [-0.2, 0) is 4.79 Å². The van der Waals surface area contributed by atoms with Crippen molar-refractivity contribution >= 4 is 23.0 Å². The fourth-order valence-electron chi connectivity index (χ4n) is 2.85. The van der Waals surface area contributed by atoms with Crippen molar-refractivity contribution < 1.29 is 19.1 Å². The quantitative estimate of drug-likeness (QED) is 0.794. The molecule has 2 aromatic rings. The molecule has 1 aromatic heterocycles. The lowest BCUT2D eigenvalue weighted by atomic mass is 10.1. The Bertz CT molecular complexity index is 812. The first-order valence-corrected chi connectivity index (χ1v) is 9.05. The first-order chi connectivity index (χ1) is 11.9. The Morgan fingerprint density at radius 2 is 1.92 bits per heavy atom. The highest BCUT2D eigenvalue weighted by atomic mass is 32.1. The number of fused-ring (bicyclic) bond motifs is 1. The third-order valence-electron chi connectivity index (χ3n) is 4.19. The van der Waals surface area contributed by atoms with Crippen LogP contribution in [0.25, 0.3) is 0 Å². The molecule has 1 unspecified atom stereocenters. The number of hydrogen-bond donors (Lipinski definition) is 1. The van der Waals surface area contributed by atoms with E-state index in [-0.39, 0.29) is 37.4 Å². The average molecular weight is 359 g/mol. The Morgan fingerprint density at radius 3 is 2.64 bits per heavy atom. The predicted octanol–water partition coefficient (Wildman–Crippen LogP) is 3.93. The van der Waals surface area contributed by atoms with Crippen molar-refractivity contribution in [2.45, 2.75) is 39.7 Å². The number of benzene rings is 1. The summed E-state index contributed by atoms with van der Waals surface area (Å²) in [7, 11) is 0. The van der Waals surface area contributed by atoms with Crippen LogP contribution in [0.2, 0.25) is 0 Å². The van der Waals surface area contributed by atoms with Crippen molar-refractivity contribution in [3.05, 3.63) is 45.1 Å². The molecule has 0 aliphatic carbocycles. The highest BCUT2D eigenvalue weighted by Gasteiger charge is 2.18. The molecule has 25 heavy (non-hydrogen) atoms. The number of thiophene rings is 1. The maximum Gasteiger partial charge on any atom is 0.231 e. The van der Waals surface area contributed by atoms with Crippen LogP contribution in [-0.4, -0.2) is 18.5 Å². The summed E-state index contributed by atoms with van der Waals surface area (Å²) in [6.07, 6.45) is 0.402. The second-order valence-corrected chi connectivity index (χ2v) is 7.61. The summed E-state index contributed by atoms with van der Waals surface area (Å²) >= 11 is 1.61. The molecule has 1 atom stereocenters. The molecule has 0 radical (unpaired) electrons. The number of amides is 1. The van der Waals surface area contributed by atoms with E-state index >= 15 is 0 Å². The van der Waals surface area contributed by atoms with Crippen LogP contribution in [0.15, 0.2) is 24.3 Å². The van der Waals surface area contributed by atoms with Gasteiger partial charge in [-0.3, -0.25) is 9.59 Å². The number of aryl methyl sites for hydroxylation is 2. The molecule has 1 aliphatic heterocycles. The van der Waals surface area contributed by atoms with Gasteiger partial charge in [-0.25, -0.2) is 0 Å². The number of ether oxygens (including phenoxy) is 2. The van der Waals surface area contributed by atoms with Crippen LogP contribution in [0.3, 0.4) is 0 Å². The van der Waals surface area contributed by atoms with Gasteiger partial charge in [-0.1, -0.05) is 6.07 Å². The van der Waals surface area contributed by atoms with Crippen LogP contribution in [0, 0.1) is 13.8 Å². The fraction of sp³-hybridized carbons (Fsp3) is 0.368. The van der Waals surface area contributed by atoms with Gasteiger partial charge in [-0.2, -0.15) is 0 Å². The molecule has 0 saturated heterocycles. The van der Waals surface area contributed by atoms with Gasteiger partial charge < -0.3 is 14.8 Å². The van der Waals surface area contributed by atoms with Gasteiger partial charge >= 0.3 is 0 Å². The minimum Gasteiger partial charge on any atom is -0.454 e. The molecule has 5 nitrogen and oxygen atoms in total. The lowest BCUT2D eigenvalue weighted by molar-refractivity contribution is -0.121. The van der Waals surface area contributed by atoms with Crippen LogP contribution in [0.5, 0.6) is 11.5 Å². The monoisotopic (exact) mass is 359 g/mol. The summed E-state index contributed by atoms with van der Waals surface area (Å²) in [5.41, 5.74) is 1.67. The van der Waals surface area contributed by atoms with Gasteiger partial charge in [0.05, 0.1) is 6.04 Å². The first-order valence-electron chi connectivity index (χ1n) is 8.23. The molecule has 0 bridgehead atoms. The zero-order valence-corrected chi connectivity index (χ0v) is 15.4. The lowest BCUT2D eigenvalue weighted by Gasteiger charge is -2.14. The molecular formula is C19H21NO4S. The van der Waals surface area contributed by atoms with E-state index in [1.165, 1.54) is 0 Å². The number of nitrogens with one attached hydrogen (secondary N) is 1. The second-order valence-electron chi connectivity index (χ2n) is 6.15. The molecule has 132 valence electrons. The third kappa shape index (κ3) is 4.02. The summed E-state index contributed by atoms with van der Waals surface area (Å²) in [5, 5.41) is 2.93. The summed E-state index contributed by atoms with van der Waals surface area (Å²) in [5.74, 6) is 1.29. The van der Waals surface area contributed by atoms with Crippen LogP contribution in [0.1, 0.15) is 51.5 Å². The van der Waals surface area contributed by atoms with Crippen LogP contribution >= 0.6 is 11.3 Å². The minimum absolute atomic E-state index is 0.0210. The summed E-state index contributed by atoms with van der Waals surface area (Å²) in [6.45, 7) is 6.05. The van der Waals surface area contributed by atoms with Gasteiger partial charge in [0.2, 0.25) is 12.7 Å². The molecule has 2 heterocycles. The average Bonchev–Trinajstić information content (AvgIpc) is 3.17. The van der Waals surface area contributed by atoms with Gasteiger partial charge in [0.25, 0.3) is 0 Å². The van der Waals surface area contributed by atoms with Crippen molar-refractivity contribution in [2.24, 2.45) is 0 Å². The molecule has 1 N–H and O–H groups in total. The molecule has 0 fully saturated rings. The topological polar surface area (TPSA) is 64.6 Å². The maximum atomic E-state index is 12.3. The number of ketones is 1. The minimum atomic E-state index is -0.165. The Morgan fingerprint density at radius 1 is 1.16 bits per heavy atom. The summed E-state index contributed by atoms with van der Waals surface area (Å²) in [6, 6.07) is 7.35. The zero-order valence-electron chi connectivity index (χ0n) is 14.5. The molecule has 0 saturated carbocycles. The molecular weight excluding hydrogens is 338 g/mol. The van der Waals surface area contributed by atoms with E-state index in [9.17, 15) is 9.59 Å². The smallest absolute Gasteiger partial charge is 0.231 e. The van der Waals surface area contributed by atoms with Gasteiger partial charge in [0.1, 0.15) is 0 Å². The van der Waals surface area contributed by atoms with E-state index in [2.05, 4.69) is 5.32 Å². The van der Waals surface area contributed by atoms with Gasteiger partial charge in [-0.05, 0) is 44.5 Å². The Kier molecular flexibility index (Phi) is 5.08. The van der Waals surface area contributed by atoms with Gasteiger partial charge in [-0.15, -0.1) is 11.3 Å². The van der Waals surface area contributed by atoms with Crippen LogP contribution < -0.4 is 14.8 Å². The van der Waals surface area contributed by atoms with Crippen molar-refractivity contribution in [3.63, 3.8) is 0 Å². The molecule has 1 aromatic carbocycles. The number of hydrogen-bond acceptors (Lipinski definition) is 5. The Balaban J connectivity index is 1.53. The highest BCUT2D eigenvalue weighted by molar-refractivity contribution is 7.12. The van der Waals surface area contributed by atoms with E-state index in [0.29, 0.717) is 11.5 Å². The highest BCUT2D eigenvalue weighted by Crippen LogP contribution is 2.34. The van der Waals surface area contributed by atoms with Crippen molar-refractivity contribution in [1.82, 2.24) is 5.32 Å². The summed E-state index contributed by atoms with van der Waals surface area (Å²) in [4.78, 5) is 26.6. The number of rotatable bonds is 6. The molecule has 1 amide bonds. The number of carbonyl (C=O) groups is 2. The zero-order chi connectivity index (χ0) is 18.0. The third-order valence-corrected chi connectivity index (χ3v) is 5.16. The van der Waals surface area contributed by atoms with E-state index in [0.717, 1.165) is 20.9 Å². The Hall–Kier alpha value is -2.34. The number of Topliss-reactive ketones (excluding diaryl/α,β-unsaturated/α-hetero) is 1. The Labute approximate surface area is 151 Å². The van der Waals surface area contributed by atoms with Gasteiger partial charge in [0.15, 0.2) is 17.3 Å². The fourth-order valence-corrected chi connectivity index (χ4v) is 3.79. The van der Waals surface area contributed by atoms with Crippen molar-refractivity contribution in [1.29, 1.82) is 0 Å². The van der Waals surface area contributed by atoms with Crippen molar-refractivity contribution in [2.75, 3.05) is 6.79 Å². The SMILES string of the molecule is Cc1cc(C(=O)CCC(=O)NC(C)c2ccc3c(c2)OCO3)c(C)s1. The second kappa shape index (κ2) is 7.27. The first kappa shape index (κ1) is 17.5. The standard InChI is InChI=1S/C19H21NO4S/c1-11-8-15(13(3)25-11)16(21)5-7-19(22)20-12(2)14-4-6-17-18(9-14)24-10-23-17/h4,6,8-9,12H,5,7,10H2,1-3H3,(H,20,22). The molecule has 0 spiro atoms. The molecule has 6 heteroatoms. The normalized spacial score (nSPS) is 13.6. The lowest BCUT2D eigenvalue weighted by Crippen LogP contribution is -2.27. The maximum absolute atomic E-state index is 12.3. The summed E-state index contributed by atoms with van der Waals surface area (Å²) < 4.78 is 10.6. The van der Waals surface area contributed by atoms with E-state index in [1.54, 1.807) is 11.3 Å². The van der Waals surface area contributed by atoms with E-state index < -0.39 is 0 Å². The predicted molar refractivity (Wildman–Crippen MR) is 96.5 cm³/mol. The molecule has 1 aliphatic rings. The van der Waals surface area contributed by atoms with E-state index in [1.807, 2.05) is 45.0 Å². The molecule has 3 rings (SSSR count).